The van der Waals surface area contributed by atoms with Crippen LogP contribution in [0.4, 0.5) is 16.6 Å². The Morgan fingerprint density at radius 1 is 1.26 bits per heavy atom. The van der Waals surface area contributed by atoms with Crippen molar-refractivity contribution in [3.63, 3.8) is 0 Å². The lowest BCUT2D eigenvalue weighted by Crippen LogP contribution is -2.11. The van der Waals surface area contributed by atoms with Crippen molar-refractivity contribution in [2.24, 2.45) is 0 Å². The second-order valence-electron chi connectivity index (χ2n) is 6.21. The minimum absolute atomic E-state index is 0.201. The van der Waals surface area contributed by atoms with Crippen molar-refractivity contribution in [1.82, 2.24) is 25.0 Å². The zero-order chi connectivity index (χ0) is 19.0. The summed E-state index contributed by atoms with van der Waals surface area (Å²) in [6, 6.07) is 3.89. The average molecular weight is 381 g/mol. The molecule has 1 aromatic carbocycles. The van der Waals surface area contributed by atoms with Crippen LogP contribution in [0.3, 0.4) is 0 Å². The maximum atomic E-state index is 12.7. The van der Waals surface area contributed by atoms with Crippen LogP contribution in [0.1, 0.15) is 27.7 Å². The molecule has 0 fully saturated rings. The van der Waals surface area contributed by atoms with Gasteiger partial charge in [0.25, 0.3) is 5.91 Å². The Labute approximate surface area is 159 Å². The third-order valence-corrected chi connectivity index (χ3v) is 5.21. The van der Waals surface area contributed by atoms with E-state index in [2.05, 4.69) is 30.9 Å². The molecule has 3 heterocycles. The summed E-state index contributed by atoms with van der Waals surface area (Å²) in [7, 11) is 0. The summed E-state index contributed by atoms with van der Waals surface area (Å²) in [5.41, 5.74) is 3.64. The normalized spacial score (nSPS) is 11.1. The molecule has 1 amide bonds. The molecule has 8 nitrogen and oxygen atoms in total. The van der Waals surface area contributed by atoms with Crippen molar-refractivity contribution >= 4 is 44.8 Å². The number of thiazole rings is 1. The van der Waals surface area contributed by atoms with E-state index in [1.54, 1.807) is 12.4 Å². The number of rotatable bonds is 5. The van der Waals surface area contributed by atoms with Gasteiger partial charge in [-0.05, 0) is 32.4 Å². The molecule has 0 saturated carbocycles. The zero-order valence-corrected chi connectivity index (χ0v) is 16.0. The minimum atomic E-state index is -0.201. The van der Waals surface area contributed by atoms with Crippen molar-refractivity contribution in [2.75, 3.05) is 10.6 Å². The largest absolute Gasteiger partial charge is 0.320 e. The molecule has 4 aromatic rings. The van der Waals surface area contributed by atoms with Gasteiger partial charge in [-0.3, -0.25) is 14.6 Å². The number of nitrogens with zero attached hydrogens (tertiary/aromatic N) is 4. The summed E-state index contributed by atoms with van der Waals surface area (Å²) >= 11 is 1.29. The van der Waals surface area contributed by atoms with E-state index in [-0.39, 0.29) is 5.91 Å². The Bertz CT molecular complexity index is 1120. The first-order valence-electron chi connectivity index (χ1n) is 8.56. The smallest absolute Gasteiger partial charge is 0.267 e. The van der Waals surface area contributed by atoms with Gasteiger partial charge >= 0.3 is 0 Å². The number of benzene rings is 1. The lowest BCUT2D eigenvalue weighted by atomic mass is 10.1. The van der Waals surface area contributed by atoms with Gasteiger partial charge in [0.1, 0.15) is 4.88 Å². The molecule has 3 aromatic heterocycles. The molecule has 27 heavy (non-hydrogen) atoms. The van der Waals surface area contributed by atoms with Gasteiger partial charge in [0.2, 0.25) is 0 Å². The van der Waals surface area contributed by atoms with E-state index in [0.717, 1.165) is 40.1 Å². The van der Waals surface area contributed by atoms with Crippen LogP contribution in [-0.4, -0.2) is 30.9 Å². The van der Waals surface area contributed by atoms with E-state index >= 15 is 0 Å². The fourth-order valence-corrected chi connectivity index (χ4v) is 3.52. The molecule has 138 valence electrons. The van der Waals surface area contributed by atoms with E-state index < -0.39 is 0 Å². The molecule has 0 unspecified atom stereocenters. The third kappa shape index (κ3) is 3.28. The number of fused-ring (bicyclic) bond motifs is 1. The predicted octanol–water partition coefficient (Wildman–Crippen LogP) is 3.85. The number of carbonyl (C=O) groups is 1. The van der Waals surface area contributed by atoms with Crippen LogP contribution in [0.25, 0.3) is 10.9 Å². The van der Waals surface area contributed by atoms with Crippen molar-refractivity contribution in [2.45, 2.75) is 27.3 Å². The first-order valence-corrected chi connectivity index (χ1v) is 9.37. The number of aryl methyl sites for hydroxylation is 3. The summed E-state index contributed by atoms with van der Waals surface area (Å²) in [5.74, 6) is 0.547. The van der Waals surface area contributed by atoms with Crippen LogP contribution >= 0.6 is 11.3 Å². The Hall–Kier alpha value is -3.20. The number of hydrogen-bond acceptors (Lipinski definition) is 6. The van der Waals surface area contributed by atoms with Gasteiger partial charge in [-0.1, -0.05) is 17.4 Å². The maximum absolute atomic E-state index is 12.7. The van der Waals surface area contributed by atoms with Crippen molar-refractivity contribution in [1.29, 1.82) is 0 Å². The van der Waals surface area contributed by atoms with Crippen LogP contribution in [0.2, 0.25) is 0 Å². The summed E-state index contributed by atoms with van der Waals surface area (Å²) < 4.78 is 1.85. The minimum Gasteiger partial charge on any atom is -0.320 e. The Morgan fingerprint density at radius 2 is 2.11 bits per heavy atom. The molecule has 0 radical (unpaired) electrons. The number of aromatic amines is 1. The fraction of sp³-hybridized carbons (Fsp3) is 0.222. The van der Waals surface area contributed by atoms with Crippen LogP contribution < -0.4 is 10.6 Å². The summed E-state index contributed by atoms with van der Waals surface area (Å²) in [5, 5.41) is 19.1. The SMILES string of the molecule is CCn1cc(C)c(Nc2ncc(C(=O)Nc3c(C)ccc4[nH]ncc34)s2)n1. The summed E-state index contributed by atoms with van der Waals surface area (Å²) in [4.78, 5) is 17.5. The van der Waals surface area contributed by atoms with E-state index in [1.165, 1.54) is 11.3 Å². The lowest BCUT2D eigenvalue weighted by Gasteiger charge is -2.08. The fourth-order valence-electron chi connectivity index (χ4n) is 2.81. The molecular weight excluding hydrogens is 362 g/mol. The highest BCUT2D eigenvalue weighted by Crippen LogP contribution is 2.28. The van der Waals surface area contributed by atoms with E-state index in [9.17, 15) is 4.79 Å². The van der Waals surface area contributed by atoms with E-state index in [4.69, 9.17) is 0 Å². The predicted molar refractivity (Wildman–Crippen MR) is 107 cm³/mol. The molecule has 9 heteroatoms. The molecular formula is C18H19N7OS. The van der Waals surface area contributed by atoms with Crippen molar-refractivity contribution in [3.05, 3.63) is 46.7 Å². The zero-order valence-electron chi connectivity index (χ0n) is 15.2. The highest BCUT2D eigenvalue weighted by molar-refractivity contribution is 7.17. The van der Waals surface area contributed by atoms with Gasteiger partial charge in [0.05, 0.1) is 23.6 Å². The standard InChI is InChI=1S/C18H19N7OS/c1-4-25-9-11(3)16(24-25)22-18-19-8-14(27-18)17(26)21-15-10(2)5-6-13-12(15)7-20-23-13/h5-9H,4H2,1-3H3,(H,20,23)(H,21,26)(H,19,22,24). The first kappa shape index (κ1) is 17.2. The topological polar surface area (TPSA) is 101 Å². The molecule has 3 N–H and O–H groups in total. The molecule has 0 aliphatic rings. The second-order valence-corrected chi connectivity index (χ2v) is 7.24. The van der Waals surface area contributed by atoms with Crippen LogP contribution in [-0.2, 0) is 6.54 Å². The molecule has 0 aliphatic carbocycles. The molecule has 4 rings (SSSR count). The third-order valence-electron chi connectivity index (χ3n) is 4.29. The summed E-state index contributed by atoms with van der Waals surface area (Å²) in [6.07, 6.45) is 5.25. The molecule has 0 aliphatic heterocycles. The summed E-state index contributed by atoms with van der Waals surface area (Å²) in [6.45, 7) is 6.77. The quantitative estimate of drug-likeness (QED) is 0.487. The Morgan fingerprint density at radius 3 is 2.89 bits per heavy atom. The van der Waals surface area contributed by atoms with Gasteiger partial charge in [-0.2, -0.15) is 10.2 Å². The highest BCUT2D eigenvalue weighted by Gasteiger charge is 2.15. The lowest BCUT2D eigenvalue weighted by molar-refractivity contribution is 0.103. The molecule has 0 atom stereocenters. The number of H-pyrrole nitrogens is 1. The van der Waals surface area contributed by atoms with Gasteiger partial charge in [0.15, 0.2) is 10.9 Å². The number of aromatic nitrogens is 5. The van der Waals surface area contributed by atoms with Crippen LogP contribution in [0.15, 0.2) is 30.7 Å². The second kappa shape index (κ2) is 6.84. The van der Waals surface area contributed by atoms with Gasteiger partial charge in [-0.25, -0.2) is 4.98 Å². The number of nitrogens with one attached hydrogen (secondary N) is 3. The van der Waals surface area contributed by atoms with E-state index in [0.29, 0.717) is 10.0 Å². The van der Waals surface area contributed by atoms with Crippen molar-refractivity contribution in [3.8, 4) is 0 Å². The average Bonchev–Trinajstić information content (AvgIpc) is 3.38. The van der Waals surface area contributed by atoms with Crippen LogP contribution in [0, 0.1) is 13.8 Å². The van der Waals surface area contributed by atoms with Crippen LogP contribution in [0.5, 0.6) is 0 Å². The Balaban J connectivity index is 1.54. The monoisotopic (exact) mass is 381 g/mol. The number of amides is 1. The van der Waals surface area contributed by atoms with Gasteiger partial charge in [0, 0.05) is 23.7 Å². The Kier molecular flexibility index (Phi) is 4.36. The maximum Gasteiger partial charge on any atom is 0.267 e. The number of hydrogen-bond donors (Lipinski definition) is 3. The first-order chi connectivity index (χ1) is 13.0. The molecule has 0 saturated heterocycles. The van der Waals surface area contributed by atoms with Gasteiger partial charge in [-0.15, -0.1) is 0 Å². The molecule has 0 spiro atoms. The van der Waals surface area contributed by atoms with E-state index in [1.807, 2.05) is 43.8 Å². The highest BCUT2D eigenvalue weighted by atomic mass is 32.1. The number of anilines is 3. The molecule has 0 bridgehead atoms. The van der Waals surface area contributed by atoms with Crippen molar-refractivity contribution < 1.29 is 4.79 Å². The van der Waals surface area contributed by atoms with Gasteiger partial charge < -0.3 is 10.6 Å². The number of carbonyl (C=O) groups excluding carboxylic acids is 1.